The fourth-order valence-electron chi connectivity index (χ4n) is 2.92. The Morgan fingerprint density at radius 3 is 2.32 bits per heavy atom. The van der Waals surface area contributed by atoms with Gasteiger partial charge in [-0.3, -0.25) is 4.57 Å². The van der Waals surface area contributed by atoms with Crippen molar-refractivity contribution < 1.29 is 18.3 Å². The summed E-state index contributed by atoms with van der Waals surface area (Å²) >= 11 is 0. The minimum Gasteiger partial charge on any atom is -0.506 e. The Hall–Kier alpha value is -3.22. The number of H-pyrrole nitrogens is 1. The molecule has 0 saturated carbocycles. The van der Waals surface area contributed by atoms with Crippen molar-refractivity contribution in [1.29, 1.82) is 0 Å². The largest absolute Gasteiger partial charge is 0.506 e. The lowest BCUT2D eigenvalue weighted by molar-refractivity contribution is -0.137. The van der Waals surface area contributed by atoms with Crippen LogP contribution in [0.25, 0.3) is 27.5 Å². The standard InChI is InChI=1S/C18H11F3N2O2/c19-18(20,21)12-5-6-14-13(9-12)22-17(25)23(14)15-7-10-3-1-2-4-11(10)8-16(15)24/h1-9,24H,(H,22,25). The number of phenolic OH excluding ortho intramolecular Hbond substituents is 1. The highest BCUT2D eigenvalue weighted by Gasteiger charge is 2.31. The van der Waals surface area contributed by atoms with Crippen molar-refractivity contribution in [3.63, 3.8) is 0 Å². The molecule has 4 aromatic rings. The number of rotatable bonds is 1. The van der Waals surface area contributed by atoms with Gasteiger partial charge in [0.2, 0.25) is 0 Å². The molecule has 0 spiro atoms. The molecule has 0 bridgehead atoms. The van der Waals surface area contributed by atoms with E-state index in [4.69, 9.17) is 0 Å². The zero-order valence-corrected chi connectivity index (χ0v) is 12.6. The summed E-state index contributed by atoms with van der Waals surface area (Å²) in [5.74, 6) is -0.137. The molecule has 0 aliphatic carbocycles. The van der Waals surface area contributed by atoms with Crippen LogP contribution >= 0.6 is 0 Å². The van der Waals surface area contributed by atoms with Crippen LogP contribution in [0.15, 0.2) is 59.4 Å². The van der Waals surface area contributed by atoms with E-state index in [-0.39, 0.29) is 22.5 Å². The maximum absolute atomic E-state index is 12.8. The molecule has 25 heavy (non-hydrogen) atoms. The van der Waals surface area contributed by atoms with E-state index in [1.807, 2.05) is 24.3 Å². The lowest BCUT2D eigenvalue weighted by Crippen LogP contribution is -2.14. The maximum Gasteiger partial charge on any atom is 0.416 e. The van der Waals surface area contributed by atoms with Crippen molar-refractivity contribution in [2.75, 3.05) is 0 Å². The van der Waals surface area contributed by atoms with Gasteiger partial charge in [-0.15, -0.1) is 0 Å². The van der Waals surface area contributed by atoms with Crippen LogP contribution in [0.3, 0.4) is 0 Å². The number of imidazole rings is 1. The van der Waals surface area contributed by atoms with Crippen molar-refractivity contribution in [3.8, 4) is 11.4 Å². The van der Waals surface area contributed by atoms with Crippen molar-refractivity contribution in [2.45, 2.75) is 6.18 Å². The van der Waals surface area contributed by atoms with Crippen LogP contribution in [0, 0.1) is 0 Å². The van der Waals surface area contributed by atoms with Gasteiger partial charge in [0.1, 0.15) is 5.75 Å². The number of alkyl halides is 3. The summed E-state index contributed by atoms with van der Waals surface area (Å²) in [5.41, 5.74) is -0.971. The predicted octanol–water partition coefficient (Wildman–Crippen LogP) is 4.20. The van der Waals surface area contributed by atoms with Crippen LogP contribution < -0.4 is 5.69 Å². The lowest BCUT2D eigenvalue weighted by Gasteiger charge is -2.09. The minimum absolute atomic E-state index is 0.0485. The first-order valence-electron chi connectivity index (χ1n) is 7.39. The normalized spacial score (nSPS) is 12.1. The summed E-state index contributed by atoms with van der Waals surface area (Å²) in [6.07, 6.45) is -4.50. The number of nitrogens with zero attached hydrogens (tertiary/aromatic N) is 1. The molecule has 0 unspecified atom stereocenters. The van der Waals surface area contributed by atoms with Gasteiger partial charge in [-0.25, -0.2) is 4.79 Å². The second-order valence-electron chi connectivity index (χ2n) is 5.68. The predicted molar refractivity (Wildman–Crippen MR) is 88.1 cm³/mol. The molecule has 4 nitrogen and oxygen atoms in total. The Kier molecular flexibility index (Phi) is 3.15. The maximum atomic E-state index is 12.8. The fraction of sp³-hybridized carbons (Fsp3) is 0.0556. The molecule has 0 saturated heterocycles. The Balaban J connectivity index is 2.00. The lowest BCUT2D eigenvalue weighted by atomic mass is 10.1. The first kappa shape index (κ1) is 15.3. The van der Waals surface area contributed by atoms with E-state index in [9.17, 15) is 23.1 Å². The summed E-state index contributed by atoms with van der Waals surface area (Å²) in [4.78, 5) is 14.7. The van der Waals surface area contributed by atoms with Gasteiger partial charge in [0.15, 0.2) is 0 Å². The van der Waals surface area contributed by atoms with Crippen LogP contribution in [-0.2, 0) is 6.18 Å². The van der Waals surface area contributed by atoms with Crippen LogP contribution in [-0.4, -0.2) is 14.7 Å². The molecule has 0 radical (unpaired) electrons. The average Bonchev–Trinajstić information content (AvgIpc) is 2.88. The molecule has 2 N–H and O–H groups in total. The second kappa shape index (κ2) is 5.14. The quantitative estimate of drug-likeness (QED) is 0.544. The summed E-state index contributed by atoms with van der Waals surface area (Å²) < 4.78 is 39.7. The third-order valence-corrected chi connectivity index (χ3v) is 4.09. The van der Waals surface area contributed by atoms with E-state index in [1.54, 1.807) is 6.07 Å². The smallest absolute Gasteiger partial charge is 0.416 e. The Morgan fingerprint density at radius 1 is 0.960 bits per heavy atom. The number of hydrogen-bond donors (Lipinski definition) is 2. The molecule has 126 valence electrons. The van der Waals surface area contributed by atoms with Crippen LogP contribution in [0.1, 0.15) is 5.56 Å². The monoisotopic (exact) mass is 344 g/mol. The number of phenols is 1. The summed E-state index contributed by atoms with van der Waals surface area (Å²) in [6.45, 7) is 0. The Labute approximate surface area is 138 Å². The molecule has 0 aliphatic heterocycles. The molecule has 7 heteroatoms. The zero-order chi connectivity index (χ0) is 17.8. The number of aromatic amines is 1. The van der Waals surface area contributed by atoms with Crippen molar-refractivity contribution in [2.24, 2.45) is 0 Å². The van der Waals surface area contributed by atoms with Gasteiger partial charge in [-0.2, -0.15) is 13.2 Å². The third kappa shape index (κ3) is 2.44. The Morgan fingerprint density at radius 2 is 1.64 bits per heavy atom. The number of nitrogens with one attached hydrogen (secondary N) is 1. The van der Waals surface area contributed by atoms with Gasteiger partial charge >= 0.3 is 11.9 Å². The van der Waals surface area contributed by atoms with E-state index >= 15 is 0 Å². The molecular formula is C18H11F3N2O2. The van der Waals surface area contributed by atoms with Gasteiger partial charge < -0.3 is 10.1 Å². The van der Waals surface area contributed by atoms with E-state index in [1.165, 1.54) is 12.1 Å². The molecule has 0 atom stereocenters. The number of hydrogen-bond acceptors (Lipinski definition) is 2. The van der Waals surface area contributed by atoms with E-state index in [0.717, 1.165) is 27.5 Å². The number of aromatic nitrogens is 2. The van der Waals surface area contributed by atoms with Crippen LogP contribution in [0.5, 0.6) is 5.75 Å². The topological polar surface area (TPSA) is 58.0 Å². The average molecular weight is 344 g/mol. The first-order chi connectivity index (χ1) is 11.8. The second-order valence-corrected chi connectivity index (χ2v) is 5.68. The fourth-order valence-corrected chi connectivity index (χ4v) is 2.92. The van der Waals surface area contributed by atoms with E-state index < -0.39 is 17.4 Å². The number of halogens is 3. The van der Waals surface area contributed by atoms with Crippen molar-refractivity contribution in [1.82, 2.24) is 9.55 Å². The molecule has 3 aromatic carbocycles. The van der Waals surface area contributed by atoms with Crippen LogP contribution in [0.4, 0.5) is 13.2 Å². The highest BCUT2D eigenvalue weighted by Crippen LogP contribution is 2.33. The summed E-state index contributed by atoms with van der Waals surface area (Å²) in [5, 5.41) is 11.9. The number of benzene rings is 3. The van der Waals surface area contributed by atoms with Crippen molar-refractivity contribution >= 4 is 21.8 Å². The Bertz CT molecular complexity index is 1170. The molecule has 1 heterocycles. The third-order valence-electron chi connectivity index (χ3n) is 4.09. The number of fused-ring (bicyclic) bond motifs is 2. The molecule has 0 aliphatic rings. The summed E-state index contributed by atoms with van der Waals surface area (Å²) in [6, 6.07) is 13.4. The zero-order valence-electron chi connectivity index (χ0n) is 12.6. The molecule has 1 aromatic heterocycles. The van der Waals surface area contributed by atoms with Gasteiger partial charge in [-0.05, 0) is 41.1 Å². The molecule has 0 amide bonds. The molecule has 4 rings (SSSR count). The highest BCUT2D eigenvalue weighted by atomic mass is 19.4. The van der Waals surface area contributed by atoms with Gasteiger partial charge in [0.25, 0.3) is 0 Å². The molecule has 0 fully saturated rings. The summed E-state index contributed by atoms with van der Waals surface area (Å²) in [7, 11) is 0. The first-order valence-corrected chi connectivity index (χ1v) is 7.39. The van der Waals surface area contributed by atoms with Crippen LogP contribution in [0.2, 0.25) is 0 Å². The van der Waals surface area contributed by atoms with E-state index in [2.05, 4.69) is 4.98 Å². The van der Waals surface area contributed by atoms with Gasteiger partial charge in [0, 0.05) is 0 Å². The highest BCUT2D eigenvalue weighted by molar-refractivity contribution is 5.88. The SMILES string of the molecule is O=c1[nH]c2cc(C(F)(F)F)ccc2n1-c1cc2ccccc2cc1O. The number of aromatic hydroxyl groups is 1. The van der Waals surface area contributed by atoms with Gasteiger partial charge in [0.05, 0.1) is 22.3 Å². The van der Waals surface area contributed by atoms with Crippen molar-refractivity contribution in [3.05, 3.63) is 70.6 Å². The van der Waals surface area contributed by atoms with Gasteiger partial charge in [-0.1, -0.05) is 24.3 Å². The minimum atomic E-state index is -4.50. The molecular weight excluding hydrogens is 333 g/mol. The van der Waals surface area contributed by atoms with E-state index in [0.29, 0.717) is 0 Å².